The van der Waals surface area contributed by atoms with Crippen molar-refractivity contribution in [1.82, 2.24) is 10.3 Å². The Bertz CT molecular complexity index is 385. The zero-order valence-electron chi connectivity index (χ0n) is 9.62. The lowest BCUT2D eigenvalue weighted by Gasteiger charge is -2.28. The molecule has 1 aromatic heterocycles. The molecule has 0 radical (unpaired) electrons. The molecule has 0 aliphatic carbocycles. The molecule has 0 spiro atoms. The van der Waals surface area contributed by atoms with E-state index in [1.54, 1.807) is 11.1 Å². The van der Waals surface area contributed by atoms with Gasteiger partial charge in [-0.2, -0.15) is 0 Å². The smallest absolute Gasteiger partial charge is 0.166 e. The molecule has 2 heterocycles. The van der Waals surface area contributed by atoms with Gasteiger partial charge in [0, 0.05) is 37.4 Å². The highest BCUT2D eigenvalue weighted by Crippen LogP contribution is 2.19. The first kappa shape index (κ1) is 12.7. The van der Waals surface area contributed by atoms with Crippen LogP contribution in [0.15, 0.2) is 16.7 Å². The van der Waals surface area contributed by atoms with Crippen molar-refractivity contribution in [3.05, 3.63) is 22.6 Å². The number of hydrogen-bond donors (Lipinski definition) is 1. The lowest BCUT2D eigenvalue weighted by molar-refractivity contribution is 0.0338. The molecule has 0 saturated carbocycles. The lowest BCUT2D eigenvalue weighted by atomic mass is 10.3. The molecule has 1 aliphatic heterocycles. The van der Waals surface area contributed by atoms with E-state index in [0.717, 1.165) is 13.1 Å². The van der Waals surface area contributed by atoms with Gasteiger partial charge < -0.3 is 15.0 Å². The molecule has 2 rings (SSSR count). The van der Waals surface area contributed by atoms with E-state index in [1.165, 1.54) is 6.07 Å². The van der Waals surface area contributed by atoms with Gasteiger partial charge >= 0.3 is 0 Å². The largest absolute Gasteiger partial charge is 0.374 e. The number of anilines is 1. The second-order valence-corrected chi connectivity index (χ2v) is 4.95. The number of rotatable bonds is 3. The van der Waals surface area contributed by atoms with Gasteiger partial charge in [-0.1, -0.05) is 0 Å². The van der Waals surface area contributed by atoms with Crippen LogP contribution in [0.2, 0.25) is 0 Å². The summed E-state index contributed by atoms with van der Waals surface area (Å²) in [6.45, 7) is 3.00. The van der Waals surface area contributed by atoms with Crippen molar-refractivity contribution in [2.75, 3.05) is 38.2 Å². The van der Waals surface area contributed by atoms with Gasteiger partial charge in [-0.3, -0.25) is 0 Å². The van der Waals surface area contributed by atoms with Gasteiger partial charge in [-0.25, -0.2) is 9.37 Å². The van der Waals surface area contributed by atoms with E-state index in [-0.39, 0.29) is 11.9 Å². The lowest BCUT2D eigenvalue weighted by Crippen LogP contribution is -2.44. The summed E-state index contributed by atoms with van der Waals surface area (Å²) in [7, 11) is 1.82. The number of likely N-dealkylation sites (N-methyl/N-ethyl adjacent to an activating group) is 1. The molecule has 0 aromatic carbocycles. The second kappa shape index (κ2) is 5.75. The molecule has 6 heteroatoms. The van der Waals surface area contributed by atoms with Crippen LogP contribution in [0, 0.1) is 5.82 Å². The molecule has 94 valence electrons. The number of pyridine rings is 1. The SMILES string of the molecule is CN(CC1CNCCO1)c1ncc(Br)cc1F. The molecule has 1 aromatic rings. The first-order chi connectivity index (χ1) is 8.16. The summed E-state index contributed by atoms with van der Waals surface area (Å²) in [5.41, 5.74) is 0. The van der Waals surface area contributed by atoms with E-state index < -0.39 is 0 Å². The molecule has 1 atom stereocenters. The van der Waals surface area contributed by atoms with Gasteiger partial charge in [0.2, 0.25) is 0 Å². The minimum atomic E-state index is -0.328. The van der Waals surface area contributed by atoms with Gasteiger partial charge in [0.15, 0.2) is 11.6 Å². The van der Waals surface area contributed by atoms with Crippen molar-refractivity contribution in [3.63, 3.8) is 0 Å². The van der Waals surface area contributed by atoms with Crippen molar-refractivity contribution < 1.29 is 9.13 Å². The molecule has 0 bridgehead atoms. The van der Waals surface area contributed by atoms with Gasteiger partial charge in [-0.15, -0.1) is 0 Å². The van der Waals surface area contributed by atoms with Crippen LogP contribution in [0.5, 0.6) is 0 Å². The van der Waals surface area contributed by atoms with Crippen LogP contribution in [-0.2, 0) is 4.74 Å². The topological polar surface area (TPSA) is 37.4 Å². The predicted molar refractivity (Wildman–Crippen MR) is 67.8 cm³/mol. The molecule has 1 fully saturated rings. The van der Waals surface area contributed by atoms with E-state index >= 15 is 0 Å². The predicted octanol–water partition coefficient (Wildman–Crippen LogP) is 1.41. The molecule has 17 heavy (non-hydrogen) atoms. The minimum Gasteiger partial charge on any atom is -0.374 e. The van der Waals surface area contributed by atoms with Crippen LogP contribution in [0.3, 0.4) is 0 Å². The Morgan fingerprint density at radius 3 is 3.18 bits per heavy atom. The third-order valence-electron chi connectivity index (χ3n) is 2.63. The van der Waals surface area contributed by atoms with Gasteiger partial charge in [-0.05, 0) is 22.0 Å². The maximum Gasteiger partial charge on any atom is 0.166 e. The van der Waals surface area contributed by atoms with Gasteiger partial charge in [0.1, 0.15) is 0 Å². The molecule has 0 amide bonds. The summed E-state index contributed by atoms with van der Waals surface area (Å²) in [6, 6.07) is 1.42. The average molecular weight is 304 g/mol. The fraction of sp³-hybridized carbons (Fsp3) is 0.545. The monoisotopic (exact) mass is 303 g/mol. The summed E-state index contributed by atoms with van der Waals surface area (Å²) in [5, 5.41) is 3.24. The summed E-state index contributed by atoms with van der Waals surface area (Å²) in [4.78, 5) is 5.85. The normalized spacial score (nSPS) is 20.3. The fourth-order valence-electron chi connectivity index (χ4n) is 1.82. The van der Waals surface area contributed by atoms with E-state index in [4.69, 9.17) is 4.74 Å². The maximum atomic E-state index is 13.7. The number of morpholine rings is 1. The van der Waals surface area contributed by atoms with Crippen molar-refractivity contribution >= 4 is 21.7 Å². The Morgan fingerprint density at radius 1 is 1.71 bits per heavy atom. The number of nitrogens with one attached hydrogen (secondary N) is 1. The number of halogens is 2. The van der Waals surface area contributed by atoms with E-state index in [0.29, 0.717) is 23.4 Å². The van der Waals surface area contributed by atoms with Gasteiger partial charge in [0.05, 0.1) is 12.7 Å². The van der Waals surface area contributed by atoms with Crippen molar-refractivity contribution in [1.29, 1.82) is 0 Å². The molecular formula is C11H15BrFN3O. The maximum absolute atomic E-state index is 13.7. The summed E-state index contributed by atoms with van der Waals surface area (Å²) < 4.78 is 19.9. The standard InChI is InChI=1S/C11H15BrFN3O/c1-16(7-9-6-14-2-3-17-9)11-10(13)4-8(12)5-15-11/h4-5,9,14H,2-3,6-7H2,1H3. The molecule has 1 aliphatic rings. The Balaban J connectivity index is 2.00. The van der Waals surface area contributed by atoms with Crippen LogP contribution in [-0.4, -0.2) is 44.4 Å². The highest BCUT2D eigenvalue weighted by Gasteiger charge is 2.18. The van der Waals surface area contributed by atoms with E-state index in [1.807, 2.05) is 7.05 Å². The third kappa shape index (κ3) is 3.37. The summed E-state index contributed by atoms with van der Waals surface area (Å²) in [5.74, 6) is 0.0213. The van der Waals surface area contributed by atoms with E-state index in [2.05, 4.69) is 26.2 Å². The number of hydrogen-bond acceptors (Lipinski definition) is 4. The van der Waals surface area contributed by atoms with Crippen LogP contribution in [0.1, 0.15) is 0 Å². The summed E-state index contributed by atoms with van der Waals surface area (Å²) in [6.07, 6.45) is 1.67. The zero-order chi connectivity index (χ0) is 12.3. The first-order valence-electron chi connectivity index (χ1n) is 5.51. The molecular weight excluding hydrogens is 289 g/mol. The quantitative estimate of drug-likeness (QED) is 0.916. The van der Waals surface area contributed by atoms with E-state index in [9.17, 15) is 4.39 Å². The van der Waals surface area contributed by atoms with Crippen LogP contribution in [0.4, 0.5) is 10.2 Å². The van der Waals surface area contributed by atoms with Crippen LogP contribution < -0.4 is 10.2 Å². The average Bonchev–Trinajstić information content (AvgIpc) is 2.30. The second-order valence-electron chi connectivity index (χ2n) is 4.04. The van der Waals surface area contributed by atoms with Gasteiger partial charge in [0.25, 0.3) is 0 Å². The summed E-state index contributed by atoms with van der Waals surface area (Å²) >= 11 is 3.19. The van der Waals surface area contributed by atoms with Crippen molar-refractivity contribution in [2.45, 2.75) is 6.10 Å². The first-order valence-corrected chi connectivity index (χ1v) is 6.30. The van der Waals surface area contributed by atoms with Crippen molar-refractivity contribution in [3.8, 4) is 0 Å². The molecule has 1 saturated heterocycles. The highest BCUT2D eigenvalue weighted by molar-refractivity contribution is 9.10. The molecule has 4 nitrogen and oxygen atoms in total. The number of ether oxygens (including phenoxy) is 1. The third-order valence-corrected chi connectivity index (χ3v) is 3.07. The zero-order valence-corrected chi connectivity index (χ0v) is 11.2. The Kier molecular flexibility index (Phi) is 4.31. The highest BCUT2D eigenvalue weighted by atomic mass is 79.9. The van der Waals surface area contributed by atoms with Crippen LogP contribution >= 0.6 is 15.9 Å². The fourth-order valence-corrected chi connectivity index (χ4v) is 2.12. The number of nitrogens with zero attached hydrogens (tertiary/aromatic N) is 2. The van der Waals surface area contributed by atoms with Crippen molar-refractivity contribution in [2.24, 2.45) is 0 Å². The minimum absolute atomic E-state index is 0.0820. The molecule has 1 N–H and O–H groups in total. The number of aromatic nitrogens is 1. The Morgan fingerprint density at radius 2 is 2.53 bits per heavy atom. The van der Waals surface area contributed by atoms with Crippen LogP contribution in [0.25, 0.3) is 0 Å². The Labute approximate surface area is 108 Å². The Hall–Kier alpha value is -0.720. The molecule has 1 unspecified atom stereocenters.